The molecule has 2 aromatic carbocycles. The first-order valence-corrected chi connectivity index (χ1v) is 6.63. The van der Waals surface area contributed by atoms with Crippen LogP contribution in [0, 0.1) is 0 Å². The van der Waals surface area contributed by atoms with Gasteiger partial charge in [-0.05, 0) is 35.4 Å². The van der Waals surface area contributed by atoms with Gasteiger partial charge < -0.3 is 15.7 Å². The smallest absolute Gasteiger partial charge is 0.228 e. The van der Waals surface area contributed by atoms with Gasteiger partial charge in [0.1, 0.15) is 5.75 Å². The molecule has 1 amide bonds. The lowest BCUT2D eigenvalue weighted by Crippen LogP contribution is -2.03. The number of phenols is 1. The van der Waals surface area contributed by atoms with Crippen LogP contribution >= 0.6 is 11.6 Å². The average Bonchev–Trinajstić information content (AvgIpc) is 2.75. The third-order valence-corrected chi connectivity index (χ3v) is 3.52. The van der Waals surface area contributed by atoms with E-state index in [9.17, 15) is 9.90 Å². The predicted molar refractivity (Wildman–Crippen MR) is 79.2 cm³/mol. The number of phenolic OH excluding ortho intramolecular Hbond substituents is 1. The van der Waals surface area contributed by atoms with Crippen molar-refractivity contribution in [1.82, 2.24) is 0 Å². The number of hydrogen-bond donors (Lipinski definition) is 3. The maximum Gasteiger partial charge on any atom is 0.228 e. The Labute approximate surface area is 121 Å². The largest absolute Gasteiger partial charge is 0.508 e. The number of nitrogens with one attached hydrogen (secondary N) is 2. The molecule has 0 aliphatic carbocycles. The van der Waals surface area contributed by atoms with E-state index in [1.807, 2.05) is 12.1 Å². The number of hydrogen-bond acceptors (Lipinski definition) is 3. The molecule has 4 nitrogen and oxygen atoms in total. The summed E-state index contributed by atoms with van der Waals surface area (Å²) in [5.41, 5.74) is 3.46. The summed E-state index contributed by atoms with van der Waals surface area (Å²) in [6.07, 6.45) is 0.382. The summed E-state index contributed by atoms with van der Waals surface area (Å²) in [6, 6.07) is 10.7. The summed E-state index contributed by atoms with van der Waals surface area (Å²) in [5.74, 6) is 0.223. The first-order chi connectivity index (χ1) is 9.61. The number of amides is 1. The quantitative estimate of drug-likeness (QED) is 0.813. The van der Waals surface area contributed by atoms with E-state index in [0.29, 0.717) is 18.0 Å². The van der Waals surface area contributed by atoms with E-state index in [0.717, 1.165) is 22.5 Å². The Morgan fingerprint density at radius 3 is 2.95 bits per heavy atom. The molecule has 0 bridgehead atoms. The second kappa shape index (κ2) is 5.06. The molecule has 3 rings (SSSR count). The van der Waals surface area contributed by atoms with Crippen molar-refractivity contribution >= 4 is 28.9 Å². The van der Waals surface area contributed by atoms with Crippen LogP contribution in [0.3, 0.4) is 0 Å². The highest BCUT2D eigenvalue weighted by Crippen LogP contribution is 2.33. The molecule has 1 heterocycles. The zero-order chi connectivity index (χ0) is 14.1. The lowest BCUT2D eigenvalue weighted by Gasteiger charge is -2.10. The van der Waals surface area contributed by atoms with Crippen LogP contribution < -0.4 is 10.6 Å². The zero-order valence-corrected chi connectivity index (χ0v) is 11.4. The van der Waals surface area contributed by atoms with Crippen LogP contribution in [0.4, 0.5) is 11.4 Å². The third-order valence-electron chi connectivity index (χ3n) is 3.21. The molecule has 0 fully saturated rings. The van der Waals surface area contributed by atoms with Gasteiger partial charge in [0.05, 0.1) is 17.1 Å². The van der Waals surface area contributed by atoms with Crippen LogP contribution in [0.1, 0.15) is 11.1 Å². The fourth-order valence-electron chi connectivity index (χ4n) is 2.25. The van der Waals surface area contributed by atoms with Crippen LogP contribution in [0.15, 0.2) is 36.4 Å². The number of carbonyl (C=O) groups is 1. The van der Waals surface area contributed by atoms with Gasteiger partial charge in [-0.15, -0.1) is 0 Å². The first kappa shape index (κ1) is 12.8. The Morgan fingerprint density at radius 1 is 1.30 bits per heavy atom. The van der Waals surface area contributed by atoms with Gasteiger partial charge in [0, 0.05) is 12.2 Å². The number of rotatable bonds is 3. The Balaban J connectivity index is 1.78. The summed E-state index contributed by atoms with van der Waals surface area (Å²) >= 11 is 6.19. The van der Waals surface area contributed by atoms with Gasteiger partial charge >= 0.3 is 0 Å². The molecular formula is C15H13ClN2O2. The monoisotopic (exact) mass is 288 g/mol. The molecule has 3 N–H and O–H groups in total. The van der Waals surface area contributed by atoms with Crippen molar-refractivity contribution in [3.8, 4) is 5.75 Å². The number of benzene rings is 2. The summed E-state index contributed by atoms with van der Waals surface area (Å²) in [6.45, 7) is 0.550. The highest BCUT2D eigenvalue weighted by Gasteiger charge is 2.19. The Bertz CT molecular complexity index is 686. The van der Waals surface area contributed by atoms with E-state index in [1.165, 1.54) is 0 Å². The molecule has 0 saturated heterocycles. The number of fused-ring (bicyclic) bond motifs is 1. The molecule has 1 aliphatic heterocycles. The molecule has 0 unspecified atom stereocenters. The fraction of sp³-hybridized carbons (Fsp3) is 0.133. The van der Waals surface area contributed by atoms with E-state index >= 15 is 0 Å². The van der Waals surface area contributed by atoms with Crippen LogP contribution in [0.25, 0.3) is 0 Å². The normalized spacial score (nSPS) is 12.9. The third kappa shape index (κ3) is 2.56. The molecule has 0 atom stereocenters. The summed E-state index contributed by atoms with van der Waals surface area (Å²) < 4.78 is 0. The minimum atomic E-state index is -0.0128. The number of aromatic hydroxyl groups is 1. The lowest BCUT2D eigenvalue weighted by atomic mass is 10.1. The standard InChI is InChI=1S/C15H13ClN2O2/c16-12-7-13-10(6-15(20)18-13)5-14(12)17-8-9-2-1-3-11(19)4-9/h1-5,7,17,19H,6,8H2,(H,18,20). The SMILES string of the molecule is O=C1Cc2cc(NCc3cccc(O)c3)c(Cl)cc2N1. The summed E-state index contributed by atoms with van der Waals surface area (Å²) in [5, 5.41) is 16.0. The topological polar surface area (TPSA) is 61.4 Å². The molecule has 2 aromatic rings. The van der Waals surface area contributed by atoms with E-state index in [1.54, 1.807) is 24.3 Å². The molecular weight excluding hydrogens is 276 g/mol. The van der Waals surface area contributed by atoms with E-state index in [-0.39, 0.29) is 11.7 Å². The number of anilines is 2. The fourth-order valence-corrected chi connectivity index (χ4v) is 2.48. The van der Waals surface area contributed by atoms with Crippen LogP contribution in [0.5, 0.6) is 5.75 Å². The van der Waals surface area contributed by atoms with Gasteiger partial charge in [0.25, 0.3) is 0 Å². The Kier molecular flexibility index (Phi) is 3.24. The molecule has 0 aromatic heterocycles. The van der Waals surface area contributed by atoms with E-state index in [4.69, 9.17) is 11.6 Å². The van der Waals surface area contributed by atoms with Gasteiger partial charge in [-0.3, -0.25) is 4.79 Å². The highest BCUT2D eigenvalue weighted by atomic mass is 35.5. The minimum absolute atomic E-state index is 0.0128. The second-order valence-corrected chi connectivity index (χ2v) is 5.14. The number of carbonyl (C=O) groups excluding carboxylic acids is 1. The predicted octanol–water partition coefficient (Wildman–Crippen LogP) is 3.15. The van der Waals surface area contributed by atoms with Crippen LogP contribution in [-0.4, -0.2) is 11.0 Å². The van der Waals surface area contributed by atoms with Gasteiger partial charge in [-0.25, -0.2) is 0 Å². The Hall–Kier alpha value is -2.20. The summed E-state index contributed by atoms with van der Waals surface area (Å²) in [7, 11) is 0. The van der Waals surface area contributed by atoms with Crippen molar-refractivity contribution in [3.63, 3.8) is 0 Å². The van der Waals surface area contributed by atoms with E-state index < -0.39 is 0 Å². The molecule has 0 radical (unpaired) electrons. The first-order valence-electron chi connectivity index (χ1n) is 6.26. The lowest BCUT2D eigenvalue weighted by molar-refractivity contribution is -0.115. The van der Waals surface area contributed by atoms with Crippen molar-refractivity contribution in [3.05, 3.63) is 52.5 Å². The van der Waals surface area contributed by atoms with E-state index in [2.05, 4.69) is 10.6 Å². The van der Waals surface area contributed by atoms with Crippen LogP contribution in [-0.2, 0) is 17.8 Å². The van der Waals surface area contributed by atoms with Gasteiger partial charge in [-0.1, -0.05) is 23.7 Å². The Morgan fingerprint density at radius 2 is 2.15 bits per heavy atom. The average molecular weight is 289 g/mol. The second-order valence-electron chi connectivity index (χ2n) is 4.74. The van der Waals surface area contributed by atoms with Crippen molar-refractivity contribution in [2.24, 2.45) is 0 Å². The maximum absolute atomic E-state index is 11.3. The molecule has 0 saturated carbocycles. The van der Waals surface area contributed by atoms with Crippen LogP contribution in [0.2, 0.25) is 5.02 Å². The van der Waals surface area contributed by atoms with Crippen molar-refractivity contribution in [2.45, 2.75) is 13.0 Å². The van der Waals surface area contributed by atoms with Gasteiger partial charge in [0.15, 0.2) is 0 Å². The molecule has 0 spiro atoms. The molecule has 20 heavy (non-hydrogen) atoms. The van der Waals surface area contributed by atoms with Crippen molar-refractivity contribution in [2.75, 3.05) is 10.6 Å². The van der Waals surface area contributed by atoms with Crippen molar-refractivity contribution in [1.29, 1.82) is 0 Å². The molecule has 5 heteroatoms. The molecule has 1 aliphatic rings. The molecule has 102 valence electrons. The highest BCUT2D eigenvalue weighted by molar-refractivity contribution is 6.33. The minimum Gasteiger partial charge on any atom is -0.508 e. The van der Waals surface area contributed by atoms with Crippen molar-refractivity contribution < 1.29 is 9.90 Å². The summed E-state index contributed by atoms with van der Waals surface area (Å²) in [4.78, 5) is 11.3. The zero-order valence-electron chi connectivity index (χ0n) is 10.6. The van der Waals surface area contributed by atoms with Gasteiger partial charge in [0.2, 0.25) is 5.91 Å². The number of halogens is 1. The maximum atomic E-state index is 11.3. The van der Waals surface area contributed by atoms with Gasteiger partial charge in [-0.2, -0.15) is 0 Å².